The number of aryl methyl sites for hydroxylation is 1. The molecule has 1 rings (SSSR count). The summed E-state index contributed by atoms with van der Waals surface area (Å²) in [6, 6.07) is 8.46. The highest BCUT2D eigenvalue weighted by atomic mass is 16.6. The molecule has 0 fully saturated rings. The number of ether oxygens (including phenoxy) is 8. The zero-order chi connectivity index (χ0) is 30.0. The van der Waals surface area contributed by atoms with Crippen LogP contribution in [-0.2, 0) is 39.6 Å². The zero-order valence-electron chi connectivity index (χ0n) is 27.0. The average Bonchev–Trinajstić information content (AvgIpc) is 3.01. The first-order valence-electron chi connectivity index (χ1n) is 16.6. The first-order chi connectivity index (χ1) is 20.9. The van der Waals surface area contributed by atoms with Crippen molar-refractivity contribution in [2.24, 2.45) is 0 Å². The van der Waals surface area contributed by atoms with Gasteiger partial charge in [0.2, 0.25) is 0 Å². The van der Waals surface area contributed by atoms with Crippen LogP contribution in [0.4, 0.5) is 0 Å². The minimum atomic E-state index is 0.535. The molecule has 0 spiro atoms. The molecular formula is C34H62O8. The summed E-state index contributed by atoms with van der Waals surface area (Å²) in [6.07, 6.45) is 14.1. The van der Waals surface area contributed by atoms with Gasteiger partial charge in [0, 0.05) is 6.61 Å². The van der Waals surface area contributed by atoms with E-state index in [-0.39, 0.29) is 0 Å². The Morgan fingerprint density at radius 1 is 0.357 bits per heavy atom. The van der Waals surface area contributed by atoms with E-state index in [0.29, 0.717) is 92.5 Å². The van der Waals surface area contributed by atoms with Gasteiger partial charge in [-0.05, 0) is 37.0 Å². The molecule has 0 unspecified atom stereocenters. The maximum absolute atomic E-state index is 5.77. The summed E-state index contributed by atoms with van der Waals surface area (Å²) in [5, 5.41) is 0. The van der Waals surface area contributed by atoms with Gasteiger partial charge in [0.15, 0.2) is 0 Å². The van der Waals surface area contributed by atoms with Crippen molar-refractivity contribution < 1.29 is 37.9 Å². The van der Waals surface area contributed by atoms with Crippen molar-refractivity contribution in [3.63, 3.8) is 0 Å². The second-order valence-electron chi connectivity index (χ2n) is 10.4. The molecule has 0 saturated heterocycles. The minimum absolute atomic E-state index is 0.535. The fraction of sp³-hybridized carbons (Fsp3) is 0.824. The summed E-state index contributed by atoms with van der Waals surface area (Å²) in [7, 11) is 0. The predicted octanol–water partition coefficient (Wildman–Crippen LogP) is 6.66. The van der Waals surface area contributed by atoms with E-state index in [4.69, 9.17) is 37.9 Å². The van der Waals surface area contributed by atoms with Crippen molar-refractivity contribution in [1.82, 2.24) is 0 Å². The third-order valence-corrected chi connectivity index (χ3v) is 6.61. The van der Waals surface area contributed by atoms with Crippen LogP contribution >= 0.6 is 0 Å². The molecule has 0 aliphatic carbocycles. The van der Waals surface area contributed by atoms with E-state index in [1.165, 1.54) is 63.4 Å². The molecule has 0 aromatic heterocycles. The lowest BCUT2D eigenvalue weighted by molar-refractivity contribution is -0.0213. The van der Waals surface area contributed by atoms with Crippen LogP contribution in [0.5, 0.6) is 5.75 Å². The summed E-state index contributed by atoms with van der Waals surface area (Å²) >= 11 is 0. The van der Waals surface area contributed by atoms with Crippen LogP contribution in [0.15, 0.2) is 24.3 Å². The second-order valence-corrected chi connectivity index (χ2v) is 10.4. The predicted molar refractivity (Wildman–Crippen MR) is 169 cm³/mol. The van der Waals surface area contributed by atoms with E-state index < -0.39 is 0 Å². The number of benzene rings is 1. The molecule has 0 amide bonds. The molecule has 1 aromatic rings. The standard InChI is InChI=1S/C34H62O8/c1-3-5-7-9-10-11-13-33-14-16-34(17-15-33)42-32-31-41-30-29-40-28-27-39-26-25-38-24-23-37-22-21-36-20-19-35-18-12-8-6-4-2/h14-17H,3-13,18-32H2,1-2H3. The molecule has 0 bridgehead atoms. The third-order valence-electron chi connectivity index (χ3n) is 6.61. The van der Waals surface area contributed by atoms with Crippen molar-refractivity contribution in [2.45, 2.75) is 84.5 Å². The van der Waals surface area contributed by atoms with Gasteiger partial charge < -0.3 is 37.9 Å². The van der Waals surface area contributed by atoms with Crippen LogP contribution in [-0.4, -0.2) is 99.1 Å². The van der Waals surface area contributed by atoms with E-state index in [2.05, 4.69) is 38.1 Å². The quantitative estimate of drug-likeness (QED) is 0.0815. The van der Waals surface area contributed by atoms with Crippen molar-refractivity contribution in [1.29, 1.82) is 0 Å². The number of hydrogen-bond acceptors (Lipinski definition) is 8. The first kappa shape index (κ1) is 38.8. The smallest absolute Gasteiger partial charge is 0.119 e. The minimum Gasteiger partial charge on any atom is -0.491 e. The summed E-state index contributed by atoms with van der Waals surface area (Å²) < 4.78 is 44.4. The van der Waals surface area contributed by atoms with Crippen LogP contribution in [0.1, 0.15) is 83.6 Å². The van der Waals surface area contributed by atoms with Gasteiger partial charge in [0.1, 0.15) is 12.4 Å². The molecule has 1 aromatic carbocycles. The summed E-state index contributed by atoms with van der Waals surface area (Å²) in [4.78, 5) is 0. The van der Waals surface area contributed by atoms with E-state index in [9.17, 15) is 0 Å². The van der Waals surface area contributed by atoms with Gasteiger partial charge in [-0.2, -0.15) is 0 Å². The van der Waals surface area contributed by atoms with Gasteiger partial charge in [-0.3, -0.25) is 0 Å². The fourth-order valence-corrected chi connectivity index (χ4v) is 4.13. The lowest BCUT2D eigenvalue weighted by Crippen LogP contribution is -2.15. The molecule has 0 radical (unpaired) electrons. The molecular weight excluding hydrogens is 536 g/mol. The molecule has 8 heteroatoms. The normalized spacial score (nSPS) is 11.4. The van der Waals surface area contributed by atoms with Gasteiger partial charge in [-0.1, -0.05) is 77.3 Å². The summed E-state index contributed by atoms with van der Waals surface area (Å²) in [5.41, 5.74) is 1.38. The molecule has 0 aliphatic rings. The monoisotopic (exact) mass is 598 g/mol. The SMILES string of the molecule is CCCCCCCCc1ccc(OCCOCCOCCOCCOCCOCCOCCOCCCCCC)cc1. The largest absolute Gasteiger partial charge is 0.491 e. The molecule has 0 aliphatic heterocycles. The van der Waals surface area contributed by atoms with Crippen molar-refractivity contribution >= 4 is 0 Å². The average molecular weight is 599 g/mol. The summed E-state index contributed by atoms with van der Waals surface area (Å²) in [6.45, 7) is 13.1. The topological polar surface area (TPSA) is 73.8 Å². The Bertz CT molecular complexity index is 643. The molecule has 0 atom stereocenters. The third kappa shape index (κ3) is 27.6. The second kappa shape index (κ2) is 32.6. The molecule has 42 heavy (non-hydrogen) atoms. The van der Waals surface area contributed by atoms with E-state index >= 15 is 0 Å². The van der Waals surface area contributed by atoms with Gasteiger partial charge in [0.25, 0.3) is 0 Å². The van der Waals surface area contributed by atoms with Crippen LogP contribution in [0.2, 0.25) is 0 Å². The molecule has 0 N–H and O–H groups in total. The van der Waals surface area contributed by atoms with Gasteiger partial charge in [0.05, 0.1) is 85.9 Å². The summed E-state index contributed by atoms with van der Waals surface area (Å²) in [5.74, 6) is 0.894. The zero-order valence-corrected chi connectivity index (χ0v) is 27.0. The van der Waals surface area contributed by atoms with Crippen LogP contribution in [0.3, 0.4) is 0 Å². The number of hydrogen-bond donors (Lipinski definition) is 0. The molecule has 0 saturated carbocycles. The Labute approximate surface area is 257 Å². The molecule has 8 nitrogen and oxygen atoms in total. The molecule has 0 heterocycles. The van der Waals surface area contributed by atoms with Gasteiger partial charge in [-0.15, -0.1) is 0 Å². The first-order valence-corrected chi connectivity index (χ1v) is 16.6. The van der Waals surface area contributed by atoms with E-state index in [0.717, 1.165) is 25.2 Å². The Hall–Kier alpha value is -1.26. The van der Waals surface area contributed by atoms with E-state index in [1.807, 2.05) is 0 Å². The maximum atomic E-state index is 5.77. The fourth-order valence-electron chi connectivity index (χ4n) is 4.13. The maximum Gasteiger partial charge on any atom is 0.119 e. The van der Waals surface area contributed by atoms with Crippen molar-refractivity contribution in [3.8, 4) is 5.75 Å². The highest BCUT2D eigenvalue weighted by Crippen LogP contribution is 2.15. The molecule has 246 valence electrons. The van der Waals surface area contributed by atoms with Crippen molar-refractivity contribution in [2.75, 3.05) is 99.1 Å². The highest BCUT2D eigenvalue weighted by molar-refractivity contribution is 5.27. The van der Waals surface area contributed by atoms with Crippen molar-refractivity contribution in [3.05, 3.63) is 29.8 Å². The Kier molecular flexibility index (Phi) is 30.1. The van der Waals surface area contributed by atoms with Crippen LogP contribution in [0, 0.1) is 0 Å². The Morgan fingerprint density at radius 2 is 0.714 bits per heavy atom. The Morgan fingerprint density at radius 3 is 1.17 bits per heavy atom. The van der Waals surface area contributed by atoms with Gasteiger partial charge in [-0.25, -0.2) is 0 Å². The van der Waals surface area contributed by atoms with E-state index in [1.54, 1.807) is 0 Å². The van der Waals surface area contributed by atoms with Gasteiger partial charge >= 0.3 is 0 Å². The highest BCUT2D eigenvalue weighted by Gasteiger charge is 1.99. The number of rotatable bonds is 34. The number of unbranched alkanes of at least 4 members (excludes halogenated alkanes) is 8. The lowest BCUT2D eigenvalue weighted by Gasteiger charge is -2.09. The van der Waals surface area contributed by atoms with Crippen LogP contribution in [0.25, 0.3) is 0 Å². The Balaban J connectivity index is 1.73. The van der Waals surface area contributed by atoms with Crippen LogP contribution < -0.4 is 4.74 Å². The lowest BCUT2D eigenvalue weighted by atomic mass is 10.0.